The largest absolute Gasteiger partial charge is 0.412 e. The van der Waals surface area contributed by atoms with Gasteiger partial charge in [-0.05, 0) is 12.8 Å². The van der Waals surface area contributed by atoms with E-state index in [0.29, 0.717) is 5.82 Å². The zero-order chi connectivity index (χ0) is 12.1. The van der Waals surface area contributed by atoms with Crippen molar-refractivity contribution in [3.63, 3.8) is 0 Å². The van der Waals surface area contributed by atoms with Crippen LogP contribution in [0.2, 0.25) is 0 Å². The second-order valence-electron chi connectivity index (χ2n) is 4.56. The molecule has 0 aliphatic heterocycles. The van der Waals surface area contributed by atoms with Gasteiger partial charge in [-0.1, -0.05) is 13.8 Å². The van der Waals surface area contributed by atoms with Gasteiger partial charge in [-0.25, -0.2) is 4.98 Å². The molecule has 1 heterocycles. The van der Waals surface area contributed by atoms with Gasteiger partial charge in [0.1, 0.15) is 17.2 Å². The van der Waals surface area contributed by atoms with Crippen LogP contribution in [0.3, 0.4) is 0 Å². The number of rotatable bonds is 2. The summed E-state index contributed by atoms with van der Waals surface area (Å²) >= 11 is 0. The Morgan fingerprint density at radius 2 is 2.00 bits per heavy atom. The predicted octanol–water partition coefficient (Wildman–Crippen LogP) is 2.64. The monoisotopic (exact) mass is 233 g/mol. The van der Waals surface area contributed by atoms with Crippen molar-refractivity contribution < 1.29 is 13.2 Å². The molecule has 0 radical (unpaired) electrons. The lowest BCUT2D eigenvalue weighted by Crippen LogP contribution is -2.36. The summed E-state index contributed by atoms with van der Waals surface area (Å²) in [7, 11) is 0. The molecular weight excluding hydrogens is 219 g/mol. The molecule has 1 fully saturated rings. The Morgan fingerprint density at radius 1 is 1.44 bits per heavy atom. The Bertz CT molecular complexity index is 402. The van der Waals surface area contributed by atoms with E-state index in [1.807, 2.05) is 13.8 Å². The first kappa shape index (κ1) is 11.3. The smallest absolute Gasteiger partial charge is 0.384 e. The lowest BCUT2D eigenvalue weighted by Gasteiger charge is -2.25. The van der Waals surface area contributed by atoms with Crippen LogP contribution in [0.15, 0.2) is 6.20 Å². The maximum absolute atomic E-state index is 13.0. The highest BCUT2D eigenvalue weighted by molar-refractivity contribution is 5.34. The van der Waals surface area contributed by atoms with Crippen LogP contribution in [0.4, 0.5) is 19.0 Å². The van der Waals surface area contributed by atoms with Gasteiger partial charge in [0.15, 0.2) is 0 Å². The molecule has 0 saturated heterocycles. The van der Waals surface area contributed by atoms with Crippen molar-refractivity contribution in [3.05, 3.63) is 12.0 Å². The third-order valence-electron chi connectivity index (χ3n) is 3.01. The second-order valence-corrected chi connectivity index (χ2v) is 4.56. The van der Waals surface area contributed by atoms with Crippen LogP contribution < -0.4 is 5.73 Å². The summed E-state index contributed by atoms with van der Waals surface area (Å²) in [5, 5.41) is 0. The quantitative estimate of drug-likeness (QED) is 0.853. The number of nitrogens with zero attached hydrogens (tertiary/aromatic N) is 2. The van der Waals surface area contributed by atoms with Crippen molar-refractivity contribution in [2.24, 2.45) is 0 Å². The van der Waals surface area contributed by atoms with Crippen LogP contribution in [0, 0.1) is 0 Å². The Hall–Kier alpha value is -1.20. The van der Waals surface area contributed by atoms with Gasteiger partial charge in [-0.15, -0.1) is 0 Å². The lowest BCUT2D eigenvalue weighted by atomic mass is 10.1. The van der Waals surface area contributed by atoms with Gasteiger partial charge >= 0.3 is 6.18 Å². The number of alkyl halides is 3. The van der Waals surface area contributed by atoms with E-state index in [-0.39, 0.29) is 24.6 Å². The minimum Gasteiger partial charge on any atom is -0.384 e. The van der Waals surface area contributed by atoms with Crippen LogP contribution in [-0.4, -0.2) is 15.7 Å². The number of hydrogen-bond acceptors (Lipinski definition) is 2. The number of hydrogen-bond donors (Lipinski definition) is 1. The molecule has 1 aliphatic rings. The summed E-state index contributed by atoms with van der Waals surface area (Å²) < 4.78 is 40.1. The van der Waals surface area contributed by atoms with Gasteiger partial charge in [0, 0.05) is 5.92 Å². The molecular formula is C10H14F3N3. The van der Waals surface area contributed by atoms with Crippen molar-refractivity contribution in [3.8, 4) is 0 Å². The zero-order valence-corrected chi connectivity index (χ0v) is 9.17. The first-order valence-corrected chi connectivity index (χ1v) is 5.20. The van der Waals surface area contributed by atoms with Gasteiger partial charge in [-0.2, -0.15) is 13.2 Å². The molecule has 0 amide bonds. The molecule has 2 N–H and O–H groups in total. The molecule has 1 aromatic heterocycles. The van der Waals surface area contributed by atoms with Crippen molar-refractivity contribution in [2.45, 2.75) is 44.3 Å². The van der Waals surface area contributed by atoms with Gasteiger partial charge in [0.25, 0.3) is 0 Å². The van der Waals surface area contributed by atoms with Crippen LogP contribution in [0.25, 0.3) is 0 Å². The molecule has 16 heavy (non-hydrogen) atoms. The summed E-state index contributed by atoms with van der Waals surface area (Å²) in [6.45, 7) is 3.62. The van der Waals surface area contributed by atoms with Crippen LogP contribution in [0.1, 0.15) is 38.4 Å². The molecule has 1 saturated carbocycles. The Kier molecular flexibility index (Phi) is 2.22. The average Bonchev–Trinajstić information content (AvgIpc) is 2.84. The number of halogens is 3. The third kappa shape index (κ3) is 1.39. The van der Waals surface area contributed by atoms with Gasteiger partial charge in [-0.3, -0.25) is 4.57 Å². The minimum atomic E-state index is -4.26. The SMILES string of the molecule is CC(C)c1ncc(N)n1C1(C(F)(F)F)CC1. The van der Waals surface area contributed by atoms with Crippen molar-refractivity contribution in [1.82, 2.24) is 9.55 Å². The Morgan fingerprint density at radius 3 is 2.38 bits per heavy atom. The van der Waals surface area contributed by atoms with E-state index in [1.165, 1.54) is 6.20 Å². The van der Waals surface area contributed by atoms with Gasteiger partial charge < -0.3 is 5.73 Å². The number of anilines is 1. The number of imidazole rings is 1. The summed E-state index contributed by atoms with van der Waals surface area (Å²) in [5.41, 5.74) is 3.80. The van der Waals surface area contributed by atoms with E-state index in [2.05, 4.69) is 4.98 Å². The summed E-state index contributed by atoms with van der Waals surface area (Å²) in [6, 6.07) is 0. The first-order chi connectivity index (χ1) is 7.29. The summed E-state index contributed by atoms with van der Waals surface area (Å²) in [6.07, 6.45) is -2.76. The van der Waals surface area contributed by atoms with Crippen molar-refractivity contribution in [1.29, 1.82) is 0 Å². The highest BCUT2D eigenvalue weighted by atomic mass is 19.4. The van der Waals surface area contributed by atoms with Crippen LogP contribution in [-0.2, 0) is 5.54 Å². The maximum Gasteiger partial charge on any atom is 0.412 e. The van der Waals surface area contributed by atoms with Crippen molar-refractivity contribution in [2.75, 3.05) is 5.73 Å². The third-order valence-corrected chi connectivity index (χ3v) is 3.01. The molecule has 0 unspecified atom stereocenters. The van der Waals surface area contributed by atoms with Crippen LogP contribution >= 0.6 is 0 Å². The second kappa shape index (κ2) is 3.15. The predicted molar refractivity (Wildman–Crippen MR) is 54.0 cm³/mol. The van der Waals surface area contributed by atoms with E-state index in [4.69, 9.17) is 5.73 Å². The highest BCUT2D eigenvalue weighted by Gasteiger charge is 2.66. The fourth-order valence-corrected chi connectivity index (χ4v) is 2.01. The number of aromatic nitrogens is 2. The van der Waals surface area contributed by atoms with Crippen molar-refractivity contribution >= 4 is 5.82 Å². The normalized spacial score (nSPS) is 19.1. The van der Waals surface area contributed by atoms with Gasteiger partial charge in [0.05, 0.1) is 6.20 Å². The molecule has 1 aromatic rings. The van der Waals surface area contributed by atoms with Gasteiger partial charge in [0.2, 0.25) is 0 Å². The molecule has 0 atom stereocenters. The standard InChI is InChI=1S/C10H14F3N3/c1-6(2)8-15-5-7(14)16(8)9(3-4-9)10(11,12)13/h5-6H,3-4,14H2,1-2H3. The molecule has 90 valence electrons. The zero-order valence-electron chi connectivity index (χ0n) is 9.17. The molecule has 0 spiro atoms. The van der Waals surface area contributed by atoms with E-state index < -0.39 is 11.7 Å². The van der Waals surface area contributed by atoms with Crippen LogP contribution in [0.5, 0.6) is 0 Å². The summed E-state index contributed by atoms with van der Waals surface area (Å²) in [5.74, 6) is 0.433. The molecule has 1 aliphatic carbocycles. The fourth-order valence-electron chi connectivity index (χ4n) is 2.01. The molecule has 0 aromatic carbocycles. The lowest BCUT2D eigenvalue weighted by molar-refractivity contribution is -0.180. The first-order valence-electron chi connectivity index (χ1n) is 5.20. The Balaban J connectivity index is 2.52. The molecule has 2 rings (SSSR count). The topological polar surface area (TPSA) is 43.8 Å². The summed E-state index contributed by atoms with van der Waals surface area (Å²) in [4.78, 5) is 3.97. The molecule has 6 heteroatoms. The number of nitrogens with two attached hydrogens (primary N) is 1. The average molecular weight is 233 g/mol. The minimum absolute atomic E-state index is 0.0721. The van der Waals surface area contributed by atoms with E-state index >= 15 is 0 Å². The molecule has 0 bridgehead atoms. The van der Waals surface area contributed by atoms with E-state index in [0.717, 1.165) is 4.57 Å². The fraction of sp³-hybridized carbons (Fsp3) is 0.700. The van der Waals surface area contributed by atoms with E-state index in [9.17, 15) is 13.2 Å². The molecule has 3 nitrogen and oxygen atoms in total. The maximum atomic E-state index is 13.0. The van der Waals surface area contributed by atoms with E-state index in [1.54, 1.807) is 0 Å². The highest BCUT2D eigenvalue weighted by Crippen LogP contribution is 2.57. The number of nitrogen functional groups attached to an aromatic ring is 1. The Labute approximate surface area is 91.5 Å².